The van der Waals surface area contributed by atoms with Gasteiger partial charge in [-0.3, -0.25) is 4.79 Å². The molecule has 0 atom stereocenters. The van der Waals surface area contributed by atoms with Crippen molar-refractivity contribution >= 4 is 12.4 Å². The topological polar surface area (TPSA) is 17.1 Å². The van der Waals surface area contributed by atoms with Gasteiger partial charge in [-0.1, -0.05) is 18.2 Å². The van der Waals surface area contributed by atoms with Crippen molar-refractivity contribution in [3.05, 3.63) is 41.5 Å². The third kappa shape index (κ3) is 2.78. The summed E-state index contributed by atoms with van der Waals surface area (Å²) in [5, 5.41) is 0. The second-order valence-electron chi connectivity index (χ2n) is 2.42. The lowest BCUT2D eigenvalue weighted by molar-refractivity contribution is 0.508. The van der Waals surface area contributed by atoms with E-state index in [4.69, 9.17) is 0 Å². The molecule has 0 N–H and O–H groups in total. The van der Waals surface area contributed by atoms with Crippen LogP contribution in [0.3, 0.4) is 0 Å². The predicted octanol–water partition coefficient (Wildman–Crippen LogP) is 2.48. The van der Waals surface area contributed by atoms with Crippen molar-refractivity contribution in [1.82, 2.24) is 0 Å². The van der Waals surface area contributed by atoms with Crippen molar-refractivity contribution in [3.63, 3.8) is 0 Å². The summed E-state index contributed by atoms with van der Waals surface area (Å²) in [6.07, 6.45) is 4.87. The second-order valence-corrected chi connectivity index (χ2v) is 2.42. The van der Waals surface area contributed by atoms with E-state index in [1.807, 2.05) is 0 Å². The molecule has 0 fully saturated rings. The minimum atomic E-state index is -0.891. The van der Waals surface area contributed by atoms with Crippen molar-refractivity contribution in [2.75, 3.05) is 0 Å². The van der Waals surface area contributed by atoms with Crippen LogP contribution in [0.15, 0.2) is 24.3 Å². The highest BCUT2D eigenvalue weighted by Crippen LogP contribution is 2.09. The van der Waals surface area contributed by atoms with Gasteiger partial charge in [0, 0.05) is 6.42 Å². The van der Waals surface area contributed by atoms with E-state index in [2.05, 4.69) is 0 Å². The summed E-state index contributed by atoms with van der Waals surface area (Å²) in [5.41, 5.74) is 0.522. The maximum absolute atomic E-state index is 12.6. The van der Waals surface area contributed by atoms with Crippen LogP contribution in [0, 0.1) is 11.6 Å². The van der Waals surface area contributed by atoms with Crippen LogP contribution in [0.5, 0.6) is 0 Å². The Kier molecular flexibility index (Phi) is 3.31. The van der Waals surface area contributed by atoms with E-state index < -0.39 is 11.6 Å². The van der Waals surface area contributed by atoms with Gasteiger partial charge in [-0.25, -0.2) is 8.78 Å². The molecule has 0 aromatic heterocycles. The molecule has 0 spiro atoms. The Labute approximate surface area is 74.7 Å². The van der Waals surface area contributed by atoms with Gasteiger partial charge in [0.05, 0.1) is 0 Å². The second kappa shape index (κ2) is 4.50. The van der Waals surface area contributed by atoms with Gasteiger partial charge in [0.1, 0.15) is 0 Å². The van der Waals surface area contributed by atoms with Gasteiger partial charge in [-0.2, -0.15) is 0 Å². The third-order valence-electron chi connectivity index (χ3n) is 1.46. The summed E-state index contributed by atoms with van der Waals surface area (Å²) in [6.45, 7) is 0. The molecule has 0 saturated carbocycles. The van der Waals surface area contributed by atoms with Crippen LogP contribution in [0.25, 0.3) is 6.08 Å². The molecule has 0 bridgehead atoms. The zero-order valence-corrected chi connectivity index (χ0v) is 6.76. The Morgan fingerprint density at radius 2 is 2.08 bits per heavy atom. The van der Waals surface area contributed by atoms with E-state index in [-0.39, 0.29) is 6.42 Å². The summed E-state index contributed by atoms with van der Waals surface area (Å²) in [5.74, 6) is -1.77. The van der Waals surface area contributed by atoms with Crippen LogP contribution in [-0.2, 0) is 4.79 Å². The van der Waals surface area contributed by atoms with Crippen molar-refractivity contribution in [2.45, 2.75) is 6.42 Å². The first-order valence-corrected chi connectivity index (χ1v) is 3.70. The first-order chi connectivity index (χ1) is 6.24. The molecule has 13 heavy (non-hydrogen) atoms. The first-order valence-electron chi connectivity index (χ1n) is 3.70. The smallest absolute Gasteiger partial charge is 0.202 e. The summed E-state index contributed by atoms with van der Waals surface area (Å²) >= 11 is 0. The normalized spacial score (nSPS) is 10.6. The molecule has 1 rings (SSSR count). The van der Waals surface area contributed by atoms with Gasteiger partial charge >= 0.3 is 0 Å². The number of rotatable bonds is 3. The van der Waals surface area contributed by atoms with Crippen LogP contribution < -0.4 is 0 Å². The Balaban J connectivity index is 2.79. The van der Waals surface area contributed by atoms with Gasteiger partial charge in [0.25, 0.3) is 0 Å². The Hall–Kier alpha value is -1.51. The highest BCUT2D eigenvalue weighted by atomic mass is 19.2. The summed E-state index contributed by atoms with van der Waals surface area (Å²) < 4.78 is 25.0. The molecule has 0 heterocycles. The molecule has 0 aliphatic heterocycles. The molecule has 1 nitrogen and oxygen atoms in total. The molecule has 0 amide bonds. The Morgan fingerprint density at radius 3 is 2.69 bits per heavy atom. The zero-order valence-electron chi connectivity index (χ0n) is 6.76. The maximum Gasteiger partial charge on any atom is 0.202 e. The minimum absolute atomic E-state index is 0.152. The van der Waals surface area contributed by atoms with Crippen LogP contribution in [0.2, 0.25) is 0 Å². The first kappa shape index (κ1) is 9.58. The summed E-state index contributed by atoms with van der Waals surface area (Å²) in [7, 11) is 0. The van der Waals surface area contributed by atoms with E-state index in [1.165, 1.54) is 18.2 Å². The largest absolute Gasteiger partial charge is 0.291 e. The molecule has 0 aliphatic carbocycles. The van der Waals surface area contributed by atoms with E-state index in [1.54, 1.807) is 6.29 Å². The van der Waals surface area contributed by atoms with Gasteiger partial charge in [0.15, 0.2) is 11.6 Å². The van der Waals surface area contributed by atoms with Crippen molar-refractivity contribution < 1.29 is 13.6 Å². The molecule has 1 radical (unpaired) electrons. The fraction of sp³-hybridized carbons (Fsp3) is 0.100. The number of allylic oxidation sites excluding steroid dienone is 1. The number of hydrogen-bond acceptors (Lipinski definition) is 1. The lowest BCUT2D eigenvalue weighted by Gasteiger charge is -1.94. The average molecular weight is 181 g/mol. The van der Waals surface area contributed by atoms with Crippen molar-refractivity contribution in [1.29, 1.82) is 0 Å². The monoisotopic (exact) mass is 181 g/mol. The fourth-order valence-electron chi connectivity index (χ4n) is 0.859. The van der Waals surface area contributed by atoms with Crippen LogP contribution in [0.4, 0.5) is 8.78 Å². The zero-order chi connectivity index (χ0) is 9.68. The average Bonchev–Trinajstić information content (AvgIpc) is 2.12. The molecular formula is C10H7F2O. The molecular weight excluding hydrogens is 174 g/mol. The van der Waals surface area contributed by atoms with E-state index >= 15 is 0 Å². The molecule has 1 aromatic rings. The summed E-state index contributed by atoms with van der Waals surface area (Å²) in [4.78, 5) is 9.81. The van der Waals surface area contributed by atoms with Crippen LogP contribution in [-0.4, -0.2) is 6.29 Å². The van der Waals surface area contributed by atoms with Gasteiger partial charge in [0.2, 0.25) is 6.29 Å². The molecule has 0 saturated heterocycles. The highest BCUT2D eigenvalue weighted by Gasteiger charge is 1.99. The van der Waals surface area contributed by atoms with Crippen molar-refractivity contribution in [2.24, 2.45) is 0 Å². The number of benzene rings is 1. The SMILES string of the molecule is O=[C]CC=Cc1ccc(F)c(F)c1. The lowest BCUT2D eigenvalue weighted by Crippen LogP contribution is -1.83. The van der Waals surface area contributed by atoms with Crippen LogP contribution in [0.1, 0.15) is 12.0 Å². The van der Waals surface area contributed by atoms with Gasteiger partial charge < -0.3 is 0 Å². The van der Waals surface area contributed by atoms with E-state index in [0.717, 1.165) is 12.1 Å². The number of hydrogen-bond donors (Lipinski definition) is 0. The fourth-order valence-corrected chi connectivity index (χ4v) is 0.859. The molecule has 67 valence electrons. The van der Waals surface area contributed by atoms with Gasteiger partial charge in [-0.05, 0) is 17.7 Å². The highest BCUT2D eigenvalue weighted by molar-refractivity contribution is 5.58. The van der Waals surface area contributed by atoms with E-state index in [0.29, 0.717) is 5.56 Å². The molecule has 1 aromatic carbocycles. The maximum atomic E-state index is 12.6. The van der Waals surface area contributed by atoms with Crippen molar-refractivity contribution in [3.8, 4) is 0 Å². The molecule has 0 aliphatic rings. The molecule has 0 unspecified atom stereocenters. The number of carbonyl (C=O) groups excluding carboxylic acids is 1. The Morgan fingerprint density at radius 1 is 1.31 bits per heavy atom. The lowest BCUT2D eigenvalue weighted by atomic mass is 10.2. The quantitative estimate of drug-likeness (QED) is 0.700. The van der Waals surface area contributed by atoms with Crippen LogP contribution >= 0.6 is 0 Å². The standard InChI is InChI=1S/C10H7F2O/c11-9-5-4-8(7-10(9)12)3-1-2-6-13/h1,3-5,7H,2H2. The molecule has 3 heteroatoms. The number of halogens is 2. The summed E-state index contributed by atoms with van der Waals surface area (Å²) in [6, 6.07) is 3.54. The minimum Gasteiger partial charge on any atom is -0.291 e. The predicted molar refractivity (Wildman–Crippen MR) is 45.7 cm³/mol. The Bertz CT molecular complexity index is 332. The third-order valence-corrected chi connectivity index (χ3v) is 1.46. The van der Waals surface area contributed by atoms with Gasteiger partial charge in [-0.15, -0.1) is 0 Å². The van der Waals surface area contributed by atoms with E-state index in [9.17, 15) is 13.6 Å².